The van der Waals surface area contributed by atoms with Gasteiger partial charge in [-0.2, -0.15) is 0 Å². The predicted octanol–water partition coefficient (Wildman–Crippen LogP) is 2.30. The molecule has 1 aromatic heterocycles. The molecule has 18 heavy (non-hydrogen) atoms. The Labute approximate surface area is 104 Å². The molecule has 0 atom stereocenters. The molecule has 0 aliphatic carbocycles. The van der Waals surface area contributed by atoms with Gasteiger partial charge < -0.3 is 10.1 Å². The number of carboxylic acid groups (broad SMARTS) is 1. The van der Waals surface area contributed by atoms with E-state index in [1.165, 1.54) is 18.0 Å². The Morgan fingerprint density at radius 3 is 2.44 bits per heavy atom. The number of rotatable bonds is 3. The zero-order chi connectivity index (χ0) is 13.1. The molecule has 0 amide bonds. The number of benzene rings is 1. The molecular weight excluding hydrogens is 230 g/mol. The number of hydrogen-bond acceptors (Lipinski definition) is 2. The van der Waals surface area contributed by atoms with E-state index >= 15 is 0 Å². The summed E-state index contributed by atoms with van der Waals surface area (Å²) in [5.41, 5.74) is 1.55. The van der Waals surface area contributed by atoms with Gasteiger partial charge in [0.05, 0.1) is 0 Å². The van der Waals surface area contributed by atoms with Crippen LogP contribution in [0.3, 0.4) is 0 Å². The second kappa shape index (κ2) is 4.87. The Balaban J connectivity index is 2.53. The number of H-pyrrole nitrogens is 1. The fourth-order valence-electron chi connectivity index (χ4n) is 1.78. The lowest BCUT2D eigenvalue weighted by Crippen LogP contribution is -2.16. The lowest BCUT2D eigenvalue weighted by molar-refractivity contribution is 0.0695. The van der Waals surface area contributed by atoms with E-state index in [1.807, 2.05) is 31.2 Å². The topological polar surface area (TPSA) is 70.2 Å². The van der Waals surface area contributed by atoms with Crippen molar-refractivity contribution in [3.8, 4) is 11.1 Å². The first-order chi connectivity index (χ1) is 8.63. The Morgan fingerprint density at radius 1 is 1.22 bits per heavy atom. The molecule has 0 saturated carbocycles. The van der Waals surface area contributed by atoms with E-state index in [0.717, 1.165) is 12.0 Å². The van der Waals surface area contributed by atoms with Crippen LogP contribution in [-0.2, 0) is 6.42 Å². The number of carboxylic acids is 1. The maximum atomic E-state index is 12.0. The lowest BCUT2D eigenvalue weighted by atomic mass is 10.0. The molecule has 2 aromatic rings. The molecule has 0 spiro atoms. The number of nitrogens with one attached hydrogen (secondary N) is 1. The molecule has 0 aliphatic rings. The predicted molar refractivity (Wildman–Crippen MR) is 68.8 cm³/mol. The van der Waals surface area contributed by atoms with Gasteiger partial charge in [-0.25, -0.2) is 4.79 Å². The minimum Gasteiger partial charge on any atom is -0.477 e. The summed E-state index contributed by atoms with van der Waals surface area (Å²) in [5.74, 6) is -1.22. The van der Waals surface area contributed by atoms with E-state index in [-0.39, 0.29) is 5.56 Å². The third-order valence-electron chi connectivity index (χ3n) is 2.85. The average Bonchev–Trinajstić information content (AvgIpc) is 2.39. The van der Waals surface area contributed by atoms with Crippen LogP contribution >= 0.6 is 0 Å². The summed E-state index contributed by atoms with van der Waals surface area (Å²) in [6, 6.07) is 7.52. The number of pyridine rings is 1. The van der Waals surface area contributed by atoms with Gasteiger partial charge in [0.1, 0.15) is 5.56 Å². The van der Waals surface area contributed by atoms with Gasteiger partial charge in [0.15, 0.2) is 0 Å². The molecular formula is C14H13NO3. The smallest absolute Gasteiger partial charge is 0.341 e. The summed E-state index contributed by atoms with van der Waals surface area (Å²) in [5, 5.41) is 8.90. The monoisotopic (exact) mass is 243 g/mol. The van der Waals surface area contributed by atoms with Crippen LogP contribution in [0, 0.1) is 0 Å². The molecule has 0 unspecified atom stereocenters. The first kappa shape index (κ1) is 12.1. The molecule has 0 aliphatic heterocycles. The van der Waals surface area contributed by atoms with Gasteiger partial charge in [-0.15, -0.1) is 0 Å². The van der Waals surface area contributed by atoms with Gasteiger partial charge in [-0.3, -0.25) is 4.79 Å². The zero-order valence-electron chi connectivity index (χ0n) is 9.93. The number of aryl methyl sites for hydroxylation is 1. The number of hydrogen-bond donors (Lipinski definition) is 2. The van der Waals surface area contributed by atoms with E-state index < -0.39 is 11.4 Å². The Kier molecular flexibility index (Phi) is 3.28. The van der Waals surface area contributed by atoms with Gasteiger partial charge in [-0.1, -0.05) is 31.2 Å². The van der Waals surface area contributed by atoms with Crippen molar-refractivity contribution in [2.24, 2.45) is 0 Å². The molecule has 1 aromatic carbocycles. The van der Waals surface area contributed by atoms with Crippen molar-refractivity contribution in [3.05, 3.63) is 58.0 Å². The first-order valence-corrected chi connectivity index (χ1v) is 5.67. The number of aromatic nitrogens is 1. The molecule has 2 N–H and O–H groups in total. The lowest BCUT2D eigenvalue weighted by Gasteiger charge is -2.03. The van der Waals surface area contributed by atoms with Crippen LogP contribution in [0.4, 0.5) is 0 Å². The maximum absolute atomic E-state index is 12.0. The molecule has 2 rings (SSSR count). The normalized spacial score (nSPS) is 10.3. The molecule has 92 valence electrons. The highest BCUT2D eigenvalue weighted by atomic mass is 16.4. The van der Waals surface area contributed by atoms with Gasteiger partial charge in [-0.05, 0) is 17.5 Å². The third kappa shape index (κ3) is 2.18. The fraction of sp³-hybridized carbons (Fsp3) is 0.143. The quantitative estimate of drug-likeness (QED) is 0.869. The van der Waals surface area contributed by atoms with Crippen molar-refractivity contribution in [3.63, 3.8) is 0 Å². The van der Waals surface area contributed by atoms with Gasteiger partial charge in [0.2, 0.25) is 5.43 Å². The first-order valence-electron chi connectivity index (χ1n) is 5.67. The van der Waals surface area contributed by atoms with Crippen LogP contribution in [0.25, 0.3) is 11.1 Å². The summed E-state index contributed by atoms with van der Waals surface area (Å²) >= 11 is 0. The second-order valence-corrected chi connectivity index (χ2v) is 3.97. The van der Waals surface area contributed by atoms with Crippen molar-refractivity contribution in [1.82, 2.24) is 4.98 Å². The summed E-state index contributed by atoms with van der Waals surface area (Å²) in [4.78, 5) is 25.5. The molecule has 4 nitrogen and oxygen atoms in total. The Hall–Kier alpha value is -2.36. The van der Waals surface area contributed by atoms with Gasteiger partial charge in [0.25, 0.3) is 0 Å². The van der Waals surface area contributed by atoms with E-state index in [9.17, 15) is 9.59 Å². The van der Waals surface area contributed by atoms with Crippen molar-refractivity contribution >= 4 is 5.97 Å². The van der Waals surface area contributed by atoms with Gasteiger partial charge >= 0.3 is 5.97 Å². The van der Waals surface area contributed by atoms with Crippen molar-refractivity contribution < 1.29 is 9.90 Å². The van der Waals surface area contributed by atoms with E-state index in [2.05, 4.69) is 4.98 Å². The van der Waals surface area contributed by atoms with Gasteiger partial charge in [0, 0.05) is 18.0 Å². The highest BCUT2D eigenvalue weighted by Crippen LogP contribution is 2.16. The number of aromatic carboxylic acids is 1. The second-order valence-electron chi connectivity index (χ2n) is 3.97. The Morgan fingerprint density at radius 2 is 1.89 bits per heavy atom. The molecule has 4 heteroatoms. The average molecular weight is 243 g/mol. The minimum absolute atomic E-state index is 0.243. The fourth-order valence-corrected chi connectivity index (χ4v) is 1.78. The van der Waals surface area contributed by atoms with E-state index in [4.69, 9.17) is 5.11 Å². The van der Waals surface area contributed by atoms with Crippen LogP contribution in [0.1, 0.15) is 22.8 Å². The van der Waals surface area contributed by atoms with Crippen molar-refractivity contribution in [2.75, 3.05) is 0 Å². The molecule has 0 saturated heterocycles. The summed E-state index contributed by atoms with van der Waals surface area (Å²) in [7, 11) is 0. The highest BCUT2D eigenvalue weighted by molar-refractivity contribution is 5.88. The third-order valence-corrected chi connectivity index (χ3v) is 2.85. The number of aromatic amines is 1. The SMILES string of the molecule is CCc1ccc(-c2c[nH]cc(C(=O)O)c2=O)cc1. The molecule has 0 bridgehead atoms. The van der Waals surface area contributed by atoms with Crippen LogP contribution in [0.5, 0.6) is 0 Å². The molecule has 0 fully saturated rings. The van der Waals surface area contributed by atoms with Crippen molar-refractivity contribution in [1.29, 1.82) is 0 Å². The molecule has 1 heterocycles. The van der Waals surface area contributed by atoms with Crippen LogP contribution in [0.15, 0.2) is 41.5 Å². The van der Waals surface area contributed by atoms with Crippen LogP contribution in [0.2, 0.25) is 0 Å². The highest BCUT2D eigenvalue weighted by Gasteiger charge is 2.12. The molecule has 0 radical (unpaired) electrons. The number of carbonyl (C=O) groups is 1. The summed E-state index contributed by atoms with van der Waals surface area (Å²) < 4.78 is 0. The zero-order valence-corrected chi connectivity index (χ0v) is 9.93. The van der Waals surface area contributed by atoms with E-state index in [0.29, 0.717) is 5.56 Å². The standard InChI is InChI=1S/C14H13NO3/c1-2-9-3-5-10(6-4-9)11-7-15-8-12(13(11)16)14(17)18/h3-8H,2H2,1H3,(H,15,16)(H,17,18). The van der Waals surface area contributed by atoms with Crippen molar-refractivity contribution in [2.45, 2.75) is 13.3 Å². The van der Waals surface area contributed by atoms with E-state index in [1.54, 1.807) is 0 Å². The van der Waals surface area contributed by atoms with Crippen LogP contribution < -0.4 is 5.43 Å². The van der Waals surface area contributed by atoms with Crippen LogP contribution in [-0.4, -0.2) is 16.1 Å². The summed E-state index contributed by atoms with van der Waals surface area (Å²) in [6.07, 6.45) is 3.65. The minimum atomic E-state index is -1.22. The maximum Gasteiger partial charge on any atom is 0.341 e. The summed E-state index contributed by atoms with van der Waals surface area (Å²) in [6.45, 7) is 2.05. The Bertz CT molecular complexity index is 626. The largest absolute Gasteiger partial charge is 0.477 e.